The van der Waals surface area contributed by atoms with Gasteiger partial charge in [-0.1, -0.05) is 0 Å². The number of fused-ring (bicyclic) bond motifs is 2. The van der Waals surface area contributed by atoms with Gasteiger partial charge in [0, 0.05) is 36.0 Å². The van der Waals surface area contributed by atoms with Crippen molar-refractivity contribution in [2.45, 2.75) is 77.1 Å². The fourth-order valence-electron chi connectivity index (χ4n) is 4.36. The van der Waals surface area contributed by atoms with Crippen molar-refractivity contribution in [3.05, 3.63) is 17.8 Å². The van der Waals surface area contributed by atoms with Crippen molar-refractivity contribution in [3.8, 4) is 5.88 Å². The smallest absolute Gasteiger partial charge is 0.410 e. The van der Waals surface area contributed by atoms with Gasteiger partial charge in [-0.2, -0.15) is 15.1 Å². The number of amides is 1. The van der Waals surface area contributed by atoms with Gasteiger partial charge in [0.1, 0.15) is 11.4 Å². The molecule has 10 heteroatoms. The monoisotopic (exact) mass is 429 g/mol. The van der Waals surface area contributed by atoms with E-state index >= 15 is 0 Å². The number of nitrogens with one attached hydrogen (secondary N) is 3. The summed E-state index contributed by atoms with van der Waals surface area (Å²) in [4.78, 5) is 23.6. The fraction of sp³-hybridized carbons (Fsp3) is 0.619. The highest BCUT2D eigenvalue weighted by Crippen LogP contribution is 2.37. The van der Waals surface area contributed by atoms with Gasteiger partial charge in [0.15, 0.2) is 5.82 Å². The van der Waals surface area contributed by atoms with E-state index in [9.17, 15) is 4.79 Å². The number of methoxy groups -OCH3 is 1. The van der Waals surface area contributed by atoms with E-state index in [-0.39, 0.29) is 24.2 Å². The average molecular weight is 430 g/mol. The number of carbonyl (C=O) groups excluding carboxylic acids is 1. The molecule has 2 aliphatic heterocycles. The number of carbonyl (C=O) groups is 1. The lowest BCUT2D eigenvalue weighted by atomic mass is 9.98. The molecular formula is C21H31N7O3. The van der Waals surface area contributed by atoms with Crippen LogP contribution in [0.3, 0.4) is 0 Å². The van der Waals surface area contributed by atoms with Crippen molar-refractivity contribution >= 4 is 23.7 Å². The molecule has 10 nitrogen and oxygen atoms in total. The minimum absolute atomic E-state index is 0.168. The molecule has 4 rings (SSSR count). The first-order valence-corrected chi connectivity index (χ1v) is 10.7. The second kappa shape index (κ2) is 8.24. The summed E-state index contributed by atoms with van der Waals surface area (Å²) in [5.74, 6) is 2.22. The lowest BCUT2D eigenvalue weighted by Crippen LogP contribution is -2.51. The molecule has 2 aliphatic rings. The number of aromatic nitrogens is 4. The number of aromatic amines is 1. The third-order valence-corrected chi connectivity index (χ3v) is 5.54. The lowest BCUT2D eigenvalue weighted by Gasteiger charge is -2.39. The number of ether oxygens (including phenoxy) is 2. The van der Waals surface area contributed by atoms with Gasteiger partial charge in [-0.25, -0.2) is 4.79 Å². The summed E-state index contributed by atoms with van der Waals surface area (Å²) in [5.41, 5.74) is 0.463. The molecule has 1 amide bonds. The highest BCUT2D eigenvalue weighted by atomic mass is 16.6. The van der Waals surface area contributed by atoms with Crippen LogP contribution in [-0.2, 0) is 4.74 Å². The van der Waals surface area contributed by atoms with E-state index in [4.69, 9.17) is 9.47 Å². The first-order chi connectivity index (χ1) is 14.7. The van der Waals surface area contributed by atoms with Crippen molar-refractivity contribution in [1.82, 2.24) is 25.1 Å². The maximum absolute atomic E-state index is 12.7. The second-order valence-electron chi connectivity index (χ2n) is 9.27. The Bertz CT molecular complexity index is 925. The average Bonchev–Trinajstić information content (AvgIpc) is 3.20. The Labute approximate surface area is 182 Å². The van der Waals surface area contributed by atoms with Crippen molar-refractivity contribution in [2.24, 2.45) is 0 Å². The summed E-state index contributed by atoms with van der Waals surface area (Å²) in [7, 11) is 1.58. The maximum atomic E-state index is 12.7. The van der Waals surface area contributed by atoms with Gasteiger partial charge >= 0.3 is 6.09 Å². The van der Waals surface area contributed by atoms with Crippen LogP contribution in [0.25, 0.3) is 0 Å². The third-order valence-electron chi connectivity index (χ3n) is 5.54. The van der Waals surface area contributed by atoms with Gasteiger partial charge in [-0.15, -0.1) is 0 Å². The molecule has 3 N–H and O–H groups in total. The highest BCUT2D eigenvalue weighted by molar-refractivity contribution is 5.69. The summed E-state index contributed by atoms with van der Waals surface area (Å²) >= 11 is 0. The van der Waals surface area contributed by atoms with E-state index in [2.05, 4.69) is 30.8 Å². The van der Waals surface area contributed by atoms with Crippen LogP contribution in [0, 0.1) is 6.92 Å². The number of nitrogens with zero attached hydrogens (tertiary/aromatic N) is 4. The molecule has 31 heavy (non-hydrogen) atoms. The number of aryl methyl sites for hydroxylation is 1. The lowest BCUT2D eigenvalue weighted by molar-refractivity contribution is 0.00682. The van der Waals surface area contributed by atoms with Gasteiger partial charge in [0.05, 0.1) is 7.11 Å². The largest absolute Gasteiger partial charge is 0.481 e. The highest BCUT2D eigenvalue weighted by Gasteiger charge is 2.45. The molecule has 0 radical (unpaired) electrons. The first-order valence-electron chi connectivity index (χ1n) is 10.7. The summed E-state index contributed by atoms with van der Waals surface area (Å²) in [6.07, 6.45) is 3.44. The van der Waals surface area contributed by atoms with Crippen LogP contribution in [0.5, 0.6) is 5.88 Å². The zero-order valence-corrected chi connectivity index (χ0v) is 18.7. The number of hydrogen-bond donors (Lipinski definition) is 3. The summed E-state index contributed by atoms with van der Waals surface area (Å²) < 4.78 is 11.0. The van der Waals surface area contributed by atoms with E-state index in [1.165, 1.54) is 0 Å². The molecule has 3 atom stereocenters. The Balaban J connectivity index is 1.44. The van der Waals surface area contributed by atoms with E-state index in [0.29, 0.717) is 23.5 Å². The quantitative estimate of drug-likeness (QED) is 0.660. The zero-order valence-electron chi connectivity index (χ0n) is 18.7. The molecule has 0 aliphatic carbocycles. The summed E-state index contributed by atoms with van der Waals surface area (Å²) in [5, 5.41) is 13.7. The Morgan fingerprint density at radius 1 is 1.16 bits per heavy atom. The fourth-order valence-corrected chi connectivity index (χ4v) is 4.36. The van der Waals surface area contributed by atoms with Crippen LogP contribution in [0.4, 0.5) is 22.4 Å². The number of H-pyrrole nitrogens is 1. The van der Waals surface area contributed by atoms with Gasteiger partial charge in [0.25, 0.3) is 0 Å². The maximum Gasteiger partial charge on any atom is 0.410 e. The van der Waals surface area contributed by atoms with E-state index < -0.39 is 5.60 Å². The second-order valence-corrected chi connectivity index (χ2v) is 9.27. The summed E-state index contributed by atoms with van der Waals surface area (Å²) in [6.45, 7) is 7.63. The van der Waals surface area contributed by atoms with Crippen LogP contribution < -0.4 is 15.4 Å². The molecule has 2 bridgehead atoms. The Hall–Kier alpha value is -3.04. The van der Waals surface area contributed by atoms with E-state index in [1.54, 1.807) is 13.2 Å². The van der Waals surface area contributed by atoms with E-state index in [0.717, 1.165) is 31.4 Å². The topological polar surface area (TPSA) is 117 Å². The SMILES string of the molecule is COc1cc(Nc2cc(C)[nH]n2)nc(NC2C[C@H]3CC[C@@H](C2)N3C(=O)OC(C)(C)C)n1. The Morgan fingerprint density at radius 3 is 2.45 bits per heavy atom. The van der Waals surface area contributed by atoms with Gasteiger partial charge in [-0.05, 0) is 53.4 Å². The van der Waals surface area contributed by atoms with Crippen molar-refractivity contribution in [1.29, 1.82) is 0 Å². The molecule has 0 spiro atoms. The number of anilines is 3. The minimum atomic E-state index is -0.490. The predicted molar refractivity (Wildman–Crippen MR) is 117 cm³/mol. The molecule has 2 saturated heterocycles. The Morgan fingerprint density at radius 2 is 1.87 bits per heavy atom. The van der Waals surface area contributed by atoms with Crippen LogP contribution in [0.15, 0.2) is 12.1 Å². The van der Waals surface area contributed by atoms with Gasteiger partial charge < -0.3 is 25.0 Å². The van der Waals surface area contributed by atoms with Crippen LogP contribution in [0.1, 0.15) is 52.1 Å². The van der Waals surface area contributed by atoms with Gasteiger partial charge in [0.2, 0.25) is 11.8 Å². The normalized spacial score (nSPS) is 22.9. The minimum Gasteiger partial charge on any atom is -0.481 e. The molecule has 0 saturated carbocycles. The molecule has 2 aromatic rings. The van der Waals surface area contributed by atoms with Crippen molar-refractivity contribution in [2.75, 3.05) is 17.7 Å². The molecule has 4 heterocycles. The number of rotatable bonds is 5. The molecule has 2 aromatic heterocycles. The molecular weight excluding hydrogens is 398 g/mol. The summed E-state index contributed by atoms with van der Waals surface area (Å²) in [6, 6.07) is 4.13. The van der Waals surface area contributed by atoms with Gasteiger partial charge in [-0.3, -0.25) is 5.10 Å². The number of piperidine rings is 1. The van der Waals surface area contributed by atoms with Crippen LogP contribution in [-0.4, -0.2) is 62.0 Å². The van der Waals surface area contributed by atoms with Crippen LogP contribution in [0.2, 0.25) is 0 Å². The molecule has 168 valence electrons. The standard InChI is InChI=1S/C21H31N7O3/c1-12-8-17(27-26-12)23-16-11-18(30-5)25-19(24-16)22-13-9-14-6-7-15(10-13)28(14)20(29)31-21(2,3)4/h8,11,13-15H,6-7,9-10H2,1-5H3,(H3,22,23,24,25,26,27)/t13?,14-,15+. The predicted octanol–water partition coefficient (Wildman–Crippen LogP) is 3.60. The Kier molecular flexibility index (Phi) is 5.63. The third kappa shape index (κ3) is 5.00. The number of hydrogen-bond acceptors (Lipinski definition) is 8. The van der Waals surface area contributed by atoms with Crippen LogP contribution >= 0.6 is 0 Å². The zero-order chi connectivity index (χ0) is 22.2. The van der Waals surface area contributed by atoms with Crippen molar-refractivity contribution in [3.63, 3.8) is 0 Å². The molecule has 2 fully saturated rings. The first kappa shape index (κ1) is 21.2. The van der Waals surface area contributed by atoms with Crippen molar-refractivity contribution < 1.29 is 14.3 Å². The molecule has 0 aromatic carbocycles. The van der Waals surface area contributed by atoms with E-state index in [1.807, 2.05) is 38.7 Å². The molecule has 1 unspecified atom stereocenters.